The van der Waals surface area contributed by atoms with Crippen LogP contribution in [0.1, 0.15) is 6.92 Å². The van der Waals surface area contributed by atoms with E-state index in [1.165, 1.54) is 0 Å². The van der Waals surface area contributed by atoms with Gasteiger partial charge in [0.05, 0.1) is 12.3 Å². The van der Waals surface area contributed by atoms with Crippen molar-refractivity contribution in [3.63, 3.8) is 0 Å². The first-order valence-electron chi connectivity index (χ1n) is 5.13. The fourth-order valence-corrected chi connectivity index (χ4v) is 1.45. The zero-order valence-electron chi connectivity index (χ0n) is 8.99. The van der Waals surface area contributed by atoms with Crippen molar-refractivity contribution in [2.24, 2.45) is 0 Å². The van der Waals surface area contributed by atoms with Gasteiger partial charge < -0.3 is 14.2 Å². The average molecular weight is 223 g/mol. The normalized spacial score (nSPS) is 13.1. The predicted molar refractivity (Wildman–Crippen MR) is 58.1 cm³/mol. The molecule has 0 saturated heterocycles. The van der Waals surface area contributed by atoms with Crippen LogP contribution in [0.4, 0.5) is 10.5 Å². The zero-order valence-corrected chi connectivity index (χ0v) is 8.99. The summed E-state index contributed by atoms with van der Waals surface area (Å²) in [5, 5.41) is 2.60. The number of benzene rings is 1. The highest BCUT2D eigenvalue weighted by molar-refractivity contribution is 5.87. The van der Waals surface area contributed by atoms with Gasteiger partial charge in [0, 0.05) is 0 Å². The van der Waals surface area contributed by atoms with E-state index in [-0.39, 0.29) is 0 Å². The summed E-state index contributed by atoms with van der Waals surface area (Å²) in [5.41, 5.74) is 0.565. The first-order chi connectivity index (χ1) is 7.81. The van der Waals surface area contributed by atoms with E-state index in [1.807, 2.05) is 0 Å². The van der Waals surface area contributed by atoms with Crippen LogP contribution in [0.15, 0.2) is 18.2 Å². The Balaban J connectivity index is 2.17. The molecule has 1 aliphatic heterocycles. The number of amides is 1. The van der Waals surface area contributed by atoms with Gasteiger partial charge in [-0.05, 0) is 19.1 Å². The molecule has 0 aliphatic carbocycles. The summed E-state index contributed by atoms with van der Waals surface area (Å²) in [6.07, 6.45) is -0.495. The second-order valence-electron chi connectivity index (χ2n) is 3.18. The average Bonchev–Trinajstić information content (AvgIpc) is 2.30. The van der Waals surface area contributed by atoms with Crippen LogP contribution >= 0.6 is 0 Å². The molecule has 0 spiro atoms. The maximum absolute atomic E-state index is 11.3. The van der Waals surface area contributed by atoms with Crippen molar-refractivity contribution >= 4 is 11.8 Å². The van der Waals surface area contributed by atoms with Crippen molar-refractivity contribution in [2.45, 2.75) is 6.92 Å². The number of anilines is 1. The van der Waals surface area contributed by atoms with E-state index in [4.69, 9.17) is 14.2 Å². The minimum absolute atomic E-state index is 0.332. The van der Waals surface area contributed by atoms with Crippen LogP contribution in [0.5, 0.6) is 11.5 Å². The van der Waals surface area contributed by atoms with Crippen LogP contribution < -0.4 is 14.8 Å². The van der Waals surface area contributed by atoms with Crippen molar-refractivity contribution in [1.29, 1.82) is 0 Å². The monoisotopic (exact) mass is 223 g/mol. The zero-order chi connectivity index (χ0) is 11.4. The van der Waals surface area contributed by atoms with Crippen molar-refractivity contribution in [2.75, 3.05) is 25.1 Å². The molecule has 5 heteroatoms. The fraction of sp³-hybridized carbons (Fsp3) is 0.364. The smallest absolute Gasteiger partial charge is 0.411 e. The summed E-state index contributed by atoms with van der Waals surface area (Å²) < 4.78 is 15.6. The molecule has 0 radical (unpaired) electrons. The Hall–Kier alpha value is -1.91. The Morgan fingerprint density at radius 3 is 3.06 bits per heavy atom. The molecule has 0 fully saturated rings. The molecule has 1 heterocycles. The molecule has 1 aliphatic rings. The first-order valence-corrected chi connectivity index (χ1v) is 5.13. The SMILES string of the molecule is CCOC(=O)Nc1cccc2c1OCCO2. The summed E-state index contributed by atoms with van der Waals surface area (Å²) in [5.74, 6) is 1.20. The minimum Gasteiger partial charge on any atom is -0.486 e. The van der Waals surface area contributed by atoms with E-state index in [2.05, 4.69) is 5.32 Å². The van der Waals surface area contributed by atoms with E-state index in [1.54, 1.807) is 25.1 Å². The van der Waals surface area contributed by atoms with Crippen molar-refractivity contribution < 1.29 is 19.0 Å². The molecule has 0 saturated carbocycles. The van der Waals surface area contributed by atoms with Crippen LogP contribution in [-0.4, -0.2) is 25.9 Å². The molecule has 86 valence electrons. The van der Waals surface area contributed by atoms with Gasteiger partial charge in [-0.2, -0.15) is 0 Å². The number of ether oxygens (including phenoxy) is 3. The second-order valence-corrected chi connectivity index (χ2v) is 3.18. The Kier molecular flexibility index (Phi) is 3.14. The number of carbonyl (C=O) groups excluding carboxylic acids is 1. The van der Waals surface area contributed by atoms with Gasteiger partial charge in [0.15, 0.2) is 11.5 Å². The molecule has 1 N–H and O–H groups in total. The van der Waals surface area contributed by atoms with Gasteiger partial charge in [-0.25, -0.2) is 4.79 Å². The molecule has 0 aromatic heterocycles. The van der Waals surface area contributed by atoms with Gasteiger partial charge in [-0.3, -0.25) is 5.32 Å². The third-order valence-corrected chi connectivity index (χ3v) is 2.08. The molecular weight excluding hydrogens is 210 g/mol. The maximum Gasteiger partial charge on any atom is 0.411 e. The predicted octanol–water partition coefficient (Wildman–Crippen LogP) is 2.03. The van der Waals surface area contributed by atoms with Gasteiger partial charge in [0.25, 0.3) is 0 Å². The van der Waals surface area contributed by atoms with Gasteiger partial charge in [-0.15, -0.1) is 0 Å². The number of hydrogen-bond donors (Lipinski definition) is 1. The first kappa shape index (κ1) is 10.6. The van der Waals surface area contributed by atoms with Gasteiger partial charge in [-0.1, -0.05) is 6.07 Å². The molecule has 0 atom stereocenters. The lowest BCUT2D eigenvalue weighted by Crippen LogP contribution is -2.19. The third kappa shape index (κ3) is 2.18. The standard InChI is InChI=1S/C11H13NO4/c1-2-14-11(13)12-8-4-3-5-9-10(8)16-7-6-15-9/h3-5H,2,6-7H2,1H3,(H,12,13). The van der Waals surface area contributed by atoms with E-state index in [0.717, 1.165) is 0 Å². The highest BCUT2D eigenvalue weighted by atomic mass is 16.6. The Bertz CT molecular complexity index is 392. The van der Waals surface area contributed by atoms with Crippen molar-refractivity contribution in [3.05, 3.63) is 18.2 Å². The fourth-order valence-electron chi connectivity index (χ4n) is 1.45. The number of fused-ring (bicyclic) bond motifs is 1. The largest absolute Gasteiger partial charge is 0.486 e. The van der Waals surface area contributed by atoms with Gasteiger partial charge in [0.1, 0.15) is 13.2 Å². The number of carbonyl (C=O) groups is 1. The Morgan fingerprint density at radius 1 is 1.44 bits per heavy atom. The van der Waals surface area contributed by atoms with Crippen LogP contribution in [0.25, 0.3) is 0 Å². The van der Waals surface area contributed by atoms with Crippen molar-refractivity contribution in [3.8, 4) is 11.5 Å². The topological polar surface area (TPSA) is 56.8 Å². The van der Waals surface area contributed by atoms with E-state index in [0.29, 0.717) is 37.0 Å². The third-order valence-electron chi connectivity index (χ3n) is 2.08. The minimum atomic E-state index is -0.495. The lowest BCUT2D eigenvalue weighted by molar-refractivity contribution is 0.165. The van der Waals surface area contributed by atoms with Crippen molar-refractivity contribution in [1.82, 2.24) is 0 Å². The summed E-state index contributed by atoms with van der Waals surface area (Å²) >= 11 is 0. The van der Waals surface area contributed by atoms with E-state index >= 15 is 0 Å². The summed E-state index contributed by atoms with van der Waals surface area (Å²) in [7, 11) is 0. The molecule has 1 amide bonds. The highest BCUT2D eigenvalue weighted by Crippen LogP contribution is 2.37. The molecular formula is C11H13NO4. The van der Waals surface area contributed by atoms with Gasteiger partial charge in [0.2, 0.25) is 0 Å². The second kappa shape index (κ2) is 4.74. The Labute approximate surface area is 93.3 Å². The van der Waals surface area contributed by atoms with Crippen LogP contribution in [0.2, 0.25) is 0 Å². The molecule has 2 rings (SSSR count). The maximum atomic E-state index is 11.3. The number of nitrogens with one attached hydrogen (secondary N) is 1. The van der Waals surface area contributed by atoms with Crippen LogP contribution in [0, 0.1) is 0 Å². The quantitative estimate of drug-likeness (QED) is 0.833. The summed E-state index contributed by atoms with van der Waals surface area (Å²) in [6.45, 7) is 3.09. The van der Waals surface area contributed by atoms with Crippen LogP contribution in [0.3, 0.4) is 0 Å². The highest BCUT2D eigenvalue weighted by Gasteiger charge is 2.17. The number of hydrogen-bond acceptors (Lipinski definition) is 4. The summed E-state index contributed by atoms with van der Waals surface area (Å²) in [4.78, 5) is 11.3. The van der Waals surface area contributed by atoms with Gasteiger partial charge >= 0.3 is 6.09 Å². The molecule has 0 bridgehead atoms. The lowest BCUT2D eigenvalue weighted by Gasteiger charge is -2.20. The molecule has 1 aromatic carbocycles. The lowest BCUT2D eigenvalue weighted by atomic mass is 10.2. The van der Waals surface area contributed by atoms with Crippen LogP contribution in [-0.2, 0) is 4.74 Å². The molecule has 16 heavy (non-hydrogen) atoms. The molecule has 0 unspecified atom stereocenters. The van der Waals surface area contributed by atoms with E-state index < -0.39 is 6.09 Å². The molecule has 1 aromatic rings. The van der Waals surface area contributed by atoms with E-state index in [9.17, 15) is 4.79 Å². The number of rotatable bonds is 2. The Morgan fingerprint density at radius 2 is 2.25 bits per heavy atom. The summed E-state index contributed by atoms with van der Waals surface area (Å²) in [6, 6.07) is 5.32. The molecule has 5 nitrogen and oxygen atoms in total. The number of para-hydroxylation sites is 1.